The summed E-state index contributed by atoms with van der Waals surface area (Å²) >= 11 is 0. The lowest BCUT2D eigenvalue weighted by molar-refractivity contribution is -0.0498. The summed E-state index contributed by atoms with van der Waals surface area (Å²) in [6.07, 6.45) is 2.78. The second-order valence-corrected chi connectivity index (χ2v) is 6.21. The van der Waals surface area contributed by atoms with Crippen molar-refractivity contribution in [1.29, 1.82) is 0 Å². The molecule has 1 heterocycles. The van der Waals surface area contributed by atoms with Crippen molar-refractivity contribution < 1.29 is 18.3 Å². The molecule has 24 heavy (non-hydrogen) atoms. The molecule has 1 fully saturated rings. The summed E-state index contributed by atoms with van der Waals surface area (Å²) in [5.74, 6) is 0.140. The first-order valence-corrected chi connectivity index (χ1v) is 8.18. The minimum Gasteiger partial charge on any atom is -0.435 e. The van der Waals surface area contributed by atoms with Gasteiger partial charge in [0.2, 0.25) is 0 Å². The molecule has 5 nitrogen and oxygen atoms in total. The van der Waals surface area contributed by atoms with Crippen molar-refractivity contribution in [1.82, 2.24) is 15.1 Å². The van der Waals surface area contributed by atoms with Crippen LogP contribution in [0.25, 0.3) is 0 Å². The Morgan fingerprint density at radius 1 is 1.38 bits per heavy atom. The van der Waals surface area contributed by atoms with Crippen molar-refractivity contribution >= 4 is 6.03 Å². The number of piperidine rings is 1. The second kappa shape index (κ2) is 8.82. The minimum absolute atomic E-state index is 0.0424. The van der Waals surface area contributed by atoms with Gasteiger partial charge >= 0.3 is 12.6 Å². The van der Waals surface area contributed by atoms with E-state index in [0.717, 1.165) is 31.5 Å². The van der Waals surface area contributed by atoms with E-state index in [4.69, 9.17) is 0 Å². The van der Waals surface area contributed by atoms with E-state index in [1.807, 2.05) is 19.0 Å². The Bertz CT molecular complexity index is 523. The molecule has 0 bridgehead atoms. The number of carbonyl (C=O) groups is 1. The molecule has 2 rings (SSSR count). The summed E-state index contributed by atoms with van der Waals surface area (Å²) in [6.45, 7) is -0.767. The summed E-state index contributed by atoms with van der Waals surface area (Å²) in [5, 5.41) is 2.92. The van der Waals surface area contributed by atoms with Gasteiger partial charge in [0.05, 0.1) is 0 Å². The molecule has 1 aliphatic rings. The summed E-state index contributed by atoms with van der Waals surface area (Å²) < 4.78 is 28.5. The fourth-order valence-electron chi connectivity index (χ4n) is 2.82. The number of likely N-dealkylation sites (N-methyl/N-ethyl adjacent to an activating group) is 1. The molecule has 1 aliphatic heterocycles. The van der Waals surface area contributed by atoms with E-state index in [-0.39, 0.29) is 11.8 Å². The molecule has 1 aromatic carbocycles. The van der Waals surface area contributed by atoms with E-state index < -0.39 is 6.61 Å². The SMILES string of the molecule is CN(C)[C@@H]1CCCN(C(=O)NCCc2ccc(OC(F)F)cc2)C1. The monoisotopic (exact) mass is 341 g/mol. The van der Waals surface area contributed by atoms with Crippen LogP contribution in [0.15, 0.2) is 24.3 Å². The third-order valence-electron chi connectivity index (χ3n) is 4.25. The molecule has 1 atom stereocenters. The highest BCUT2D eigenvalue weighted by Crippen LogP contribution is 2.15. The number of hydrogen-bond donors (Lipinski definition) is 1. The van der Waals surface area contributed by atoms with Crippen molar-refractivity contribution in [3.05, 3.63) is 29.8 Å². The number of urea groups is 1. The lowest BCUT2D eigenvalue weighted by Crippen LogP contribution is -2.50. The number of benzene rings is 1. The predicted molar refractivity (Wildman–Crippen MR) is 88.5 cm³/mol. The minimum atomic E-state index is -2.81. The molecule has 0 radical (unpaired) electrons. The number of nitrogens with zero attached hydrogens (tertiary/aromatic N) is 2. The molecular formula is C17H25F2N3O2. The van der Waals surface area contributed by atoms with Crippen molar-refractivity contribution in [3.8, 4) is 5.75 Å². The average Bonchev–Trinajstić information content (AvgIpc) is 2.56. The highest BCUT2D eigenvalue weighted by atomic mass is 19.3. The van der Waals surface area contributed by atoms with Crippen LogP contribution in [0, 0.1) is 0 Å². The van der Waals surface area contributed by atoms with Crippen LogP contribution in [0.3, 0.4) is 0 Å². The highest BCUT2D eigenvalue weighted by Gasteiger charge is 2.24. The van der Waals surface area contributed by atoms with Crippen molar-refractivity contribution in [2.24, 2.45) is 0 Å². The fourth-order valence-corrected chi connectivity index (χ4v) is 2.82. The van der Waals surface area contributed by atoms with Crippen LogP contribution in [-0.2, 0) is 6.42 Å². The number of hydrogen-bond acceptors (Lipinski definition) is 3. The van der Waals surface area contributed by atoms with E-state index in [1.165, 1.54) is 12.1 Å². The smallest absolute Gasteiger partial charge is 0.387 e. The van der Waals surface area contributed by atoms with Gasteiger partial charge in [-0.3, -0.25) is 0 Å². The van der Waals surface area contributed by atoms with E-state index >= 15 is 0 Å². The predicted octanol–water partition coefficient (Wildman–Crippen LogP) is 2.57. The van der Waals surface area contributed by atoms with Gasteiger partial charge in [-0.2, -0.15) is 8.78 Å². The Balaban J connectivity index is 1.74. The molecule has 134 valence electrons. The summed E-state index contributed by atoms with van der Waals surface area (Å²) in [4.78, 5) is 16.2. The van der Waals surface area contributed by atoms with Crippen molar-refractivity contribution in [2.45, 2.75) is 31.9 Å². The Morgan fingerprint density at radius 3 is 2.71 bits per heavy atom. The first-order valence-electron chi connectivity index (χ1n) is 8.18. The van der Waals surface area contributed by atoms with Crippen LogP contribution in [0.5, 0.6) is 5.75 Å². The van der Waals surface area contributed by atoms with Gasteiger partial charge in [-0.1, -0.05) is 12.1 Å². The second-order valence-electron chi connectivity index (χ2n) is 6.21. The van der Waals surface area contributed by atoms with Crippen LogP contribution < -0.4 is 10.1 Å². The van der Waals surface area contributed by atoms with Crippen molar-refractivity contribution in [2.75, 3.05) is 33.7 Å². The lowest BCUT2D eigenvalue weighted by atomic mass is 10.1. The van der Waals surface area contributed by atoms with E-state index in [1.54, 1.807) is 12.1 Å². The number of carbonyl (C=O) groups excluding carboxylic acids is 1. The van der Waals surface area contributed by atoms with Gasteiger partial charge in [0.25, 0.3) is 0 Å². The van der Waals surface area contributed by atoms with Gasteiger partial charge in [-0.25, -0.2) is 4.79 Å². The molecule has 1 aromatic rings. The van der Waals surface area contributed by atoms with E-state index in [0.29, 0.717) is 19.0 Å². The third-order valence-corrected chi connectivity index (χ3v) is 4.25. The summed E-state index contributed by atoms with van der Waals surface area (Å²) in [6, 6.07) is 6.84. The average molecular weight is 341 g/mol. The van der Waals surface area contributed by atoms with E-state index in [9.17, 15) is 13.6 Å². The topological polar surface area (TPSA) is 44.8 Å². The van der Waals surface area contributed by atoms with Crippen LogP contribution in [0.2, 0.25) is 0 Å². The van der Waals surface area contributed by atoms with E-state index in [2.05, 4.69) is 15.0 Å². The zero-order valence-corrected chi connectivity index (χ0v) is 14.2. The number of amides is 2. The molecule has 2 amide bonds. The van der Waals surface area contributed by atoms with Crippen LogP contribution in [0.4, 0.5) is 13.6 Å². The van der Waals surface area contributed by atoms with Gasteiger partial charge < -0.3 is 19.9 Å². The first-order chi connectivity index (χ1) is 11.5. The van der Waals surface area contributed by atoms with Crippen LogP contribution in [0.1, 0.15) is 18.4 Å². The Labute approximate surface area is 141 Å². The molecule has 0 aromatic heterocycles. The molecular weight excluding hydrogens is 316 g/mol. The molecule has 1 N–H and O–H groups in total. The van der Waals surface area contributed by atoms with Gasteiger partial charge in [0, 0.05) is 25.7 Å². The lowest BCUT2D eigenvalue weighted by Gasteiger charge is -2.36. The summed E-state index contributed by atoms with van der Waals surface area (Å²) in [7, 11) is 4.07. The number of rotatable bonds is 6. The zero-order valence-electron chi connectivity index (χ0n) is 14.2. The Morgan fingerprint density at radius 2 is 2.08 bits per heavy atom. The maximum atomic E-state index is 12.2. The van der Waals surface area contributed by atoms with Crippen LogP contribution in [-0.4, -0.2) is 62.2 Å². The van der Waals surface area contributed by atoms with Gasteiger partial charge in [-0.05, 0) is 51.1 Å². The number of nitrogens with one attached hydrogen (secondary N) is 1. The zero-order chi connectivity index (χ0) is 17.5. The quantitative estimate of drug-likeness (QED) is 0.865. The van der Waals surface area contributed by atoms with Gasteiger partial charge in [-0.15, -0.1) is 0 Å². The maximum Gasteiger partial charge on any atom is 0.387 e. The summed E-state index contributed by atoms with van der Waals surface area (Å²) in [5.41, 5.74) is 0.960. The molecule has 0 saturated carbocycles. The standard InChI is InChI=1S/C17H25F2N3O2/c1-21(2)14-4-3-11-22(12-14)17(23)20-10-9-13-5-7-15(8-6-13)24-16(18)19/h5-8,14,16H,3-4,9-12H2,1-2H3,(H,20,23)/t14-/m1/s1. The first kappa shape index (κ1) is 18.4. The Kier molecular flexibility index (Phi) is 6.78. The molecule has 0 aliphatic carbocycles. The third kappa shape index (κ3) is 5.63. The largest absolute Gasteiger partial charge is 0.435 e. The Hall–Kier alpha value is -1.89. The van der Waals surface area contributed by atoms with Crippen LogP contribution >= 0.6 is 0 Å². The normalized spacial score (nSPS) is 18.1. The molecule has 0 spiro atoms. The fraction of sp³-hybridized carbons (Fsp3) is 0.588. The molecule has 0 unspecified atom stereocenters. The van der Waals surface area contributed by atoms with Crippen molar-refractivity contribution in [3.63, 3.8) is 0 Å². The number of ether oxygens (including phenoxy) is 1. The number of likely N-dealkylation sites (tertiary alicyclic amines) is 1. The molecule has 7 heteroatoms. The van der Waals surface area contributed by atoms with Gasteiger partial charge in [0.15, 0.2) is 0 Å². The molecule has 1 saturated heterocycles. The highest BCUT2D eigenvalue weighted by molar-refractivity contribution is 5.74. The van der Waals surface area contributed by atoms with Gasteiger partial charge in [0.1, 0.15) is 5.75 Å². The number of alkyl halides is 2. The number of halogens is 2. The maximum absolute atomic E-state index is 12.2.